The summed E-state index contributed by atoms with van der Waals surface area (Å²) in [7, 11) is 5.19. The molecule has 1 aromatic rings. The van der Waals surface area contributed by atoms with Crippen molar-refractivity contribution >= 4 is 34.8 Å². The van der Waals surface area contributed by atoms with Gasteiger partial charge in [0.05, 0.1) is 0 Å². The maximum absolute atomic E-state index is 12.3. The fourth-order valence-electron chi connectivity index (χ4n) is 3.59. The van der Waals surface area contributed by atoms with Gasteiger partial charge in [-0.25, -0.2) is 0 Å². The Kier molecular flexibility index (Phi) is 4.78. The van der Waals surface area contributed by atoms with Crippen LogP contribution in [0.1, 0.15) is 19.4 Å². The average Bonchev–Trinajstić information content (AvgIpc) is 2.84. The van der Waals surface area contributed by atoms with E-state index in [2.05, 4.69) is 36.9 Å². The molecule has 140 valence electrons. The SMILES string of the molecule is CN1C(=O)C(=CC=CC=C2N(C)c3ccccc3C2(C)C)C(=O)N(C)C1=S. The summed E-state index contributed by atoms with van der Waals surface area (Å²) in [6.45, 7) is 4.37. The number of anilines is 1. The molecule has 1 saturated heterocycles. The molecule has 0 atom stereocenters. The molecule has 0 aromatic heterocycles. The van der Waals surface area contributed by atoms with Crippen molar-refractivity contribution in [1.29, 1.82) is 0 Å². The molecule has 0 aliphatic carbocycles. The number of likely N-dealkylation sites (N-methyl/N-ethyl adjacent to an activating group) is 3. The van der Waals surface area contributed by atoms with Crippen molar-refractivity contribution in [2.24, 2.45) is 0 Å². The molecule has 2 aliphatic heterocycles. The minimum Gasteiger partial charge on any atom is -0.347 e. The maximum Gasteiger partial charge on any atom is 0.265 e. The number of allylic oxidation sites excluding steroid dienone is 5. The Morgan fingerprint density at radius 1 is 0.889 bits per heavy atom. The van der Waals surface area contributed by atoms with Gasteiger partial charge in [-0.2, -0.15) is 0 Å². The quantitative estimate of drug-likeness (QED) is 0.449. The van der Waals surface area contributed by atoms with Gasteiger partial charge in [-0.1, -0.05) is 44.2 Å². The largest absolute Gasteiger partial charge is 0.347 e. The first-order valence-electron chi connectivity index (χ1n) is 8.70. The minimum absolute atomic E-state index is 0.102. The Labute approximate surface area is 165 Å². The van der Waals surface area contributed by atoms with Crippen LogP contribution < -0.4 is 4.90 Å². The fourth-order valence-corrected chi connectivity index (χ4v) is 3.76. The summed E-state index contributed by atoms with van der Waals surface area (Å²) in [4.78, 5) is 29.4. The highest BCUT2D eigenvalue weighted by Gasteiger charge is 2.38. The zero-order valence-electron chi connectivity index (χ0n) is 16.2. The molecule has 0 radical (unpaired) electrons. The van der Waals surface area contributed by atoms with Crippen molar-refractivity contribution in [2.75, 3.05) is 26.0 Å². The van der Waals surface area contributed by atoms with Crippen LogP contribution in [-0.4, -0.2) is 47.9 Å². The summed E-state index contributed by atoms with van der Waals surface area (Å²) in [5, 5.41) is 0.209. The molecule has 6 heteroatoms. The van der Waals surface area contributed by atoms with Crippen LogP contribution in [0.5, 0.6) is 0 Å². The van der Waals surface area contributed by atoms with E-state index in [1.54, 1.807) is 26.2 Å². The predicted octanol–water partition coefficient (Wildman–Crippen LogP) is 3.00. The second kappa shape index (κ2) is 6.78. The smallest absolute Gasteiger partial charge is 0.265 e. The van der Waals surface area contributed by atoms with Crippen LogP contribution in [0, 0.1) is 0 Å². The van der Waals surface area contributed by atoms with E-state index in [-0.39, 0.29) is 27.9 Å². The number of fused-ring (bicyclic) bond motifs is 1. The van der Waals surface area contributed by atoms with E-state index in [9.17, 15) is 9.59 Å². The van der Waals surface area contributed by atoms with Gasteiger partial charge in [0.1, 0.15) is 5.57 Å². The number of thiocarbonyl (C=S) groups is 1. The molecule has 2 heterocycles. The lowest BCUT2D eigenvalue weighted by Crippen LogP contribution is -2.52. The highest BCUT2D eigenvalue weighted by molar-refractivity contribution is 7.80. The van der Waals surface area contributed by atoms with E-state index in [4.69, 9.17) is 12.2 Å². The maximum atomic E-state index is 12.3. The number of para-hydroxylation sites is 1. The van der Waals surface area contributed by atoms with Gasteiger partial charge < -0.3 is 4.90 Å². The molecule has 1 fully saturated rings. The van der Waals surface area contributed by atoms with Gasteiger partial charge in [-0.3, -0.25) is 19.4 Å². The van der Waals surface area contributed by atoms with Gasteiger partial charge in [-0.05, 0) is 36.0 Å². The Morgan fingerprint density at radius 3 is 2.04 bits per heavy atom. The number of hydrogen-bond donors (Lipinski definition) is 0. The molecule has 0 spiro atoms. The molecule has 0 saturated carbocycles. The molecule has 0 N–H and O–H groups in total. The van der Waals surface area contributed by atoms with Crippen molar-refractivity contribution in [1.82, 2.24) is 9.80 Å². The summed E-state index contributed by atoms with van der Waals surface area (Å²) in [5.74, 6) is -0.766. The normalized spacial score (nSPS) is 20.9. The topological polar surface area (TPSA) is 43.9 Å². The molecule has 0 bridgehead atoms. The molecule has 1 aromatic carbocycles. The monoisotopic (exact) mass is 381 g/mol. The molecule has 5 nitrogen and oxygen atoms in total. The van der Waals surface area contributed by atoms with Crippen LogP contribution in [-0.2, 0) is 15.0 Å². The van der Waals surface area contributed by atoms with E-state index in [0.717, 1.165) is 5.70 Å². The number of hydrogen-bond acceptors (Lipinski definition) is 4. The number of rotatable bonds is 2. The Balaban J connectivity index is 1.87. The third-order valence-corrected chi connectivity index (χ3v) is 5.76. The van der Waals surface area contributed by atoms with Crippen molar-refractivity contribution in [3.8, 4) is 0 Å². The summed E-state index contributed by atoms with van der Waals surface area (Å²) in [5.41, 5.74) is 3.60. The summed E-state index contributed by atoms with van der Waals surface area (Å²) in [6, 6.07) is 8.34. The number of nitrogens with zero attached hydrogens (tertiary/aromatic N) is 3. The second-order valence-corrected chi connectivity index (χ2v) is 7.59. The lowest BCUT2D eigenvalue weighted by atomic mass is 9.84. The number of carbonyl (C=O) groups is 2. The van der Waals surface area contributed by atoms with Crippen LogP contribution >= 0.6 is 12.2 Å². The third-order valence-electron chi connectivity index (χ3n) is 5.21. The molecule has 27 heavy (non-hydrogen) atoms. The van der Waals surface area contributed by atoms with E-state index in [1.165, 1.54) is 21.1 Å². The van der Waals surface area contributed by atoms with Crippen LogP contribution in [0.25, 0.3) is 0 Å². The molecule has 0 unspecified atom stereocenters. The lowest BCUT2D eigenvalue weighted by Gasteiger charge is -2.31. The number of amides is 2. The summed E-state index contributed by atoms with van der Waals surface area (Å²) in [6.07, 6.45) is 7.15. The van der Waals surface area contributed by atoms with Crippen LogP contribution in [0.3, 0.4) is 0 Å². The zero-order chi connectivity index (χ0) is 19.9. The first-order valence-corrected chi connectivity index (χ1v) is 9.11. The van der Waals surface area contributed by atoms with E-state index < -0.39 is 0 Å². The third kappa shape index (κ3) is 3.00. The van der Waals surface area contributed by atoms with Crippen LogP contribution in [0.4, 0.5) is 5.69 Å². The van der Waals surface area contributed by atoms with E-state index in [0.29, 0.717) is 0 Å². The summed E-state index contributed by atoms with van der Waals surface area (Å²) >= 11 is 5.09. The molecule has 2 amide bonds. The van der Waals surface area contributed by atoms with Crippen LogP contribution in [0.2, 0.25) is 0 Å². The standard InChI is InChI=1S/C21H23N3O2S/c1-21(2)15-11-7-8-12-16(15)22(3)17(21)13-9-6-10-14-18(25)23(4)20(27)24(5)19(14)26/h6-13H,1-5H3. The van der Waals surface area contributed by atoms with Crippen molar-refractivity contribution in [3.63, 3.8) is 0 Å². The minimum atomic E-state index is -0.383. The van der Waals surface area contributed by atoms with Gasteiger partial charge in [0.2, 0.25) is 0 Å². The van der Waals surface area contributed by atoms with Gasteiger partial charge >= 0.3 is 0 Å². The fraction of sp³-hybridized carbons (Fsp3) is 0.286. The average molecular weight is 382 g/mol. The lowest BCUT2D eigenvalue weighted by molar-refractivity contribution is -0.132. The van der Waals surface area contributed by atoms with Crippen molar-refractivity contribution in [2.45, 2.75) is 19.3 Å². The molecular formula is C21H23N3O2S. The Morgan fingerprint density at radius 2 is 1.44 bits per heavy atom. The number of benzene rings is 1. The molecular weight excluding hydrogens is 358 g/mol. The second-order valence-electron chi connectivity index (χ2n) is 7.23. The predicted molar refractivity (Wildman–Crippen MR) is 111 cm³/mol. The van der Waals surface area contributed by atoms with Gasteiger partial charge in [0.25, 0.3) is 11.8 Å². The zero-order valence-corrected chi connectivity index (χ0v) is 17.0. The first-order chi connectivity index (χ1) is 12.7. The van der Waals surface area contributed by atoms with Crippen molar-refractivity contribution < 1.29 is 9.59 Å². The van der Waals surface area contributed by atoms with Crippen LogP contribution in [0.15, 0.2) is 59.8 Å². The highest BCUT2D eigenvalue weighted by Crippen LogP contribution is 2.46. The molecule has 2 aliphatic rings. The number of carbonyl (C=O) groups excluding carboxylic acids is 2. The van der Waals surface area contributed by atoms with E-state index in [1.807, 2.05) is 25.3 Å². The van der Waals surface area contributed by atoms with Gasteiger partial charge in [0, 0.05) is 37.9 Å². The van der Waals surface area contributed by atoms with Gasteiger partial charge in [-0.15, -0.1) is 0 Å². The molecule has 3 rings (SSSR count). The highest BCUT2D eigenvalue weighted by atomic mass is 32.1. The van der Waals surface area contributed by atoms with E-state index >= 15 is 0 Å². The Bertz CT molecular complexity index is 901. The first kappa shape index (κ1) is 19.0. The van der Waals surface area contributed by atoms with Crippen molar-refractivity contribution in [3.05, 3.63) is 65.4 Å². The Hall–Kier alpha value is -2.73. The summed E-state index contributed by atoms with van der Waals surface area (Å²) < 4.78 is 0. The van der Waals surface area contributed by atoms with Gasteiger partial charge in [0.15, 0.2) is 5.11 Å².